The summed E-state index contributed by atoms with van der Waals surface area (Å²) in [5.74, 6) is 0.324. The van der Waals surface area contributed by atoms with Gasteiger partial charge < -0.3 is 15.2 Å². The first-order valence-electron chi connectivity index (χ1n) is 7.11. The molecule has 0 spiro atoms. The number of hydrogen-bond acceptors (Lipinski definition) is 5. The summed E-state index contributed by atoms with van der Waals surface area (Å²) < 4.78 is 38.4. The average Bonchev–Trinajstić information content (AvgIpc) is 2.95. The van der Waals surface area contributed by atoms with Crippen LogP contribution in [0.4, 0.5) is 5.69 Å². The SMILES string of the molecule is COc1ccc(N)cc1S(=O)(=O)N1CCOC2CCCC21. The Balaban J connectivity index is 2.02. The average molecular weight is 312 g/mol. The molecule has 0 amide bonds. The second-order valence-electron chi connectivity index (χ2n) is 5.43. The van der Waals surface area contributed by atoms with Crippen molar-refractivity contribution >= 4 is 15.7 Å². The normalized spacial score (nSPS) is 26.5. The van der Waals surface area contributed by atoms with E-state index in [-0.39, 0.29) is 17.0 Å². The number of fused-ring (bicyclic) bond motifs is 1. The van der Waals surface area contributed by atoms with Crippen LogP contribution in [0.25, 0.3) is 0 Å². The molecule has 2 aliphatic rings. The van der Waals surface area contributed by atoms with Crippen LogP contribution in [0.15, 0.2) is 23.1 Å². The number of methoxy groups -OCH3 is 1. The molecule has 0 radical (unpaired) electrons. The van der Waals surface area contributed by atoms with Crippen LogP contribution in [-0.4, -0.2) is 45.1 Å². The minimum Gasteiger partial charge on any atom is -0.495 e. The molecule has 1 saturated heterocycles. The third-order valence-electron chi connectivity index (χ3n) is 4.21. The van der Waals surface area contributed by atoms with E-state index in [1.54, 1.807) is 16.4 Å². The number of morpholine rings is 1. The first kappa shape index (κ1) is 14.6. The predicted molar refractivity (Wildman–Crippen MR) is 78.7 cm³/mol. The molecule has 1 heterocycles. The summed E-state index contributed by atoms with van der Waals surface area (Å²) in [5, 5.41) is 0. The van der Waals surface area contributed by atoms with E-state index in [1.165, 1.54) is 13.2 Å². The molecular formula is C14H20N2O4S. The van der Waals surface area contributed by atoms with Crippen molar-refractivity contribution in [1.29, 1.82) is 0 Å². The van der Waals surface area contributed by atoms with Gasteiger partial charge in [-0.3, -0.25) is 0 Å². The fraction of sp³-hybridized carbons (Fsp3) is 0.571. The molecule has 1 aliphatic heterocycles. The van der Waals surface area contributed by atoms with Gasteiger partial charge in [-0.05, 0) is 37.5 Å². The molecule has 1 aromatic rings. The van der Waals surface area contributed by atoms with Crippen molar-refractivity contribution in [3.63, 3.8) is 0 Å². The second-order valence-corrected chi connectivity index (χ2v) is 7.29. The minimum atomic E-state index is -3.63. The van der Waals surface area contributed by atoms with Gasteiger partial charge in [-0.2, -0.15) is 4.31 Å². The van der Waals surface area contributed by atoms with Crippen LogP contribution in [-0.2, 0) is 14.8 Å². The quantitative estimate of drug-likeness (QED) is 0.849. The standard InChI is InChI=1S/C14H20N2O4S/c1-19-13-6-5-10(15)9-14(13)21(17,18)16-7-8-20-12-4-2-3-11(12)16/h5-6,9,11-12H,2-4,7-8,15H2,1H3. The smallest absolute Gasteiger partial charge is 0.247 e. The maximum absolute atomic E-state index is 13.0. The molecule has 2 atom stereocenters. The van der Waals surface area contributed by atoms with Crippen molar-refractivity contribution in [1.82, 2.24) is 4.31 Å². The summed E-state index contributed by atoms with van der Waals surface area (Å²) in [6.07, 6.45) is 2.77. The van der Waals surface area contributed by atoms with E-state index in [0.29, 0.717) is 24.6 Å². The van der Waals surface area contributed by atoms with E-state index in [9.17, 15) is 8.42 Å². The van der Waals surface area contributed by atoms with Gasteiger partial charge in [-0.15, -0.1) is 0 Å². The first-order valence-corrected chi connectivity index (χ1v) is 8.55. The molecule has 3 rings (SSSR count). The van der Waals surface area contributed by atoms with Gasteiger partial charge in [0.15, 0.2) is 0 Å². The summed E-state index contributed by atoms with van der Waals surface area (Å²) in [6, 6.07) is 4.62. The Morgan fingerprint density at radius 3 is 2.95 bits per heavy atom. The highest BCUT2D eigenvalue weighted by atomic mass is 32.2. The Morgan fingerprint density at radius 2 is 2.19 bits per heavy atom. The van der Waals surface area contributed by atoms with Crippen LogP contribution in [0.5, 0.6) is 5.75 Å². The van der Waals surface area contributed by atoms with Gasteiger partial charge in [-0.25, -0.2) is 8.42 Å². The lowest BCUT2D eigenvalue weighted by atomic mass is 10.2. The Labute approximate surface area is 124 Å². The van der Waals surface area contributed by atoms with Crippen LogP contribution in [0.2, 0.25) is 0 Å². The van der Waals surface area contributed by atoms with E-state index in [0.717, 1.165) is 19.3 Å². The zero-order valence-corrected chi connectivity index (χ0v) is 12.8. The van der Waals surface area contributed by atoms with Gasteiger partial charge in [0.25, 0.3) is 0 Å². The zero-order valence-electron chi connectivity index (χ0n) is 12.0. The van der Waals surface area contributed by atoms with Crippen molar-refractivity contribution in [2.45, 2.75) is 36.3 Å². The minimum absolute atomic E-state index is 0.0144. The molecule has 116 valence electrons. The number of ether oxygens (including phenoxy) is 2. The Morgan fingerprint density at radius 1 is 1.38 bits per heavy atom. The Bertz CT molecular complexity index is 632. The summed E-state index contributed by atoms with van der Waals surface area (Å²) >= 11 is 0. The number of anilines is 1. The van der Waals surface area contributed by atoms with Crippen LogP contribution < -0.4 is 10.5 Å². The molecule has 0 aromatic heterocycles. The summed E-state index contributed by atoms with van der Waals surface area (Å²) in [6.45, 7) is 0.812. The second kappa shape index (κ2) is 5.47. The number of sulfonamides is 1. The van der Waals surface area contributed by atoms with E-state index < -0.39 is 10.0 Å². The molecule has 1 aliphatic carbocycles. The van der Waals surface area contributed by atoms with Crippen LogP contribution >= 0.6 is 0 Å². The van der Waals surface area contributed by atoms with Gasteiger partial charge in [0, 0.05) is 12.2 Å². The summed E-state index contributed by atoms with van der Waals surface area (Å²) in [5.41, 5.74) is 6.16. The van der Waals surface area contributed by atoms with E-state index in [1.807, 2.05) is 0 Å². The zero-order chi connectivity index (χ0) is 15.0. The summed E-state index contributed by atoms with van der Waals surface area (Å²) in [4.78, 5) is 0.137. The molecule has 21 heavy (non-hydrogen) atoms. The van der Waals surface area contributed by atoms with Crippen molar-refractivity contribution in [3.8, 4) is 5.75 Å². The first-order chi connectivity index (χ1) is 10.0. The lowest BCUT2D eigenvalue weighted by Gasteiger charge is -2.36. The fourth-order valence-corrected chi connectivity index (χ4v) is 5.07. The maximum atomic E-state index is 13.0. The third-order valence-corrected chi connectivity index (χ3v) is 6.15. The molecule has 2 N–H and O–H groups in total. The molecule has 1 saturated carbocycles. The molecule has 7 heteroatoms. The largest absolute Gasteiger partial charge is 0.495 e. The van der Waals surface area contributed by atoms with Gasteiger partial charge in [0.05, 0.1) is 25.9 Å². The van der Waals surface area contributed by atoms with Gasteiger partial charge in [-0.1, -0.05) is 0 Å². The van der Waals surface area contributed by atoms with E-state index in [2.05, 4.69) is 0 Å². The molecule has 6 nitrogen and oxygen atoms in total. The van der Waals surface area contributed by atoms with Crippen molar-refractivity contribution < 1.29 is 17.9 Å². The predicted octanol–water partition coefficient (Wildman–Crippen LogP) is 1.22. The number of hydrogen-bond donors (Lipinski definition) is 1. The lowest BCUT2D eigenvalue weighted by molar-refractivity contribution is -0.0242. The Hall–Kier alpha value is -1.31. The van der Waals surface area contributed by atoms with Gasteiger partial charge in [0.1, 0.15) is 10.6 Å². The summed E-state index contributed by atoms with van der Waals surface area (Å²) in [7, 11) is -2.17. The van der Waals surface area contributed by atoms with E-state index >= 15 is 0 Å². The van der Waals surface area contributed by atoms with Crippen LogP contribution in [0, 0.1) is 0 Å². The highest BCUT2D eigenvalue weighted by Gasteiger charge is 2.43. The van der Waals surface area contributed by atoms with E-state index in [4.69, 9.17) is 15.2 Å². The van der Waals surface area contributed by atoms with Crippen molar-refractivity contribution in [2.24, 2.45) is 0 Å². The fourth-order valence-electron chi connectivity index (χ4n) is 3.21. The highest BCUT2D eigenvalue weighted by molar-refractivity contribution is 7.89. The highest BCUT2D eigenvalue weighted by Crippen LogP contribution is 2.36. The van der Waals surface area contributed by atoms with Crippen LogP contribution in [0.1, 0.15) is 19.3 Å². The topological polar surface area (TPSA) is 81.9 Å². The molecule has 2 fully saturated rings. The molecule has 0 bridgehead atoms. The number of rotatable bonds is 3. The van der Waals surface area contributed by atoms with Crippen molar-refractivity contribution in [3.05, 3.63) is 18.2 Å². The number of nitrogens with zero attached hydrogens (tertiary/aromatic N) is 1. The monoisotopic (exact) mass is 312 g/mol. The van der Waals surface area contributed by atoms with Crippen LogP contribution in [0.3, 0.4) is 0 Å². The van der Waals surface area contributed by atoms with Gasteiger partial charge >= 0.3 is 0 Å². The lowest BCUT2D eigenvalue weighted by Crippen LogP contribution is -2.51. The number of benzene rings is 1. The Kier molecular flexibility index (Phi) is 3.81. The molecular weight excluding hydrogens is 292 g/mol. The molecule has 2 unspecified atom stereocenters. The third kappa shape index (κ3) is 2.49. The molecule has 1 aromatic carbocycles. The number of nitrogens with two attached hydrogens (primary N) is 1. The number of nitrogen functional groups attached to an aromatic ring is 1. The maximum Gasteiger partial charge on any atom is 0.247 e. The van der Waals surface area contributed by atoms with Crippen molar-refractivity contribution in [2.75, 3.05) is 26.0 Å². The van der Waals surface area contributed by atoms with Gasteiger partial charge in [0.2, 0.25) is 10.0 Å².